The molecule has 0 aliphatic carbocycles. The van der Waals surface area contributed by atoms with Crippen LogP contribution in [0.2, 0.25) is 0 Å². The van der Waals surface area contributed by atoms with Crippen LogP contribution in [0.15, 0.2) is 24.3 Å². The third kappa shape index (κ3) is 4.59. The number of carbonyl (C=O) groups is 1. The lowest BCUT2D eigenvalue weighted by molar-refractivity contribution is -0.117. The van der Waals surface area contributed by atoms with E-state index in [1.54, 1.807) is 0 Å². The largest absolute Gasteiger partial charge is 0.325 e. The number of carbonyl (C=O) groups excluding carboxylic acids is 1. The van der Waals surface area contributed by atoms with Crippen LogP contribution in [0.5, 0.6) is 0 Å². The van der Waals surface area contributed by atoms with Gasteiger partial charge in [-0.1, -0.05) is 18.2 Å². The third-order valence-corrected chi connectivity index (χ3v) is 3.35. The van der Waals surface area contributed by atoms with E-state index in [4.69, 9.17) is 0 Å². The van der Waals surface area contributed by atoms with Crippen molar-refractivity contribution in [2.45, 2.75) is 6.54 Å². The lowest BCUT2D eigenvalue weighted by atomic mass is 10.1. The van der Waals surface area contributed by atoms with Crippen molar-refractivity contribution >= 4 is 11.6 Å². The normalized spacial score (nSPS) is 16.4. The van der Waals surface area contributed by atoms with Crippen molar-refractivity contribution in [3.63, 3.8) is 0 Å². The van der Waals surface area contributed by atoms with E-state index in [1.807, 2.05) is 32.3 Å². The molecule has 110 valence electrons. The highest BCUT2D eigenvalue weighted by Gasteiger charge is 2.14. The van der Waals surface area contributed by atoms with E-state index in [2.05, 4.69) is 26.5 Å². The lowest BCUT2D eigenvalue weighted by Gasteiger charge is -2.26. The maximum Gasteiger partial charge on any atom is 0.238 e. The summed E-state index contributed by atoms with van der Waals surface area (Å²) in [6.07, 6.45) is 0. The predicted molar refractivity (Wildman–Crippen MR) is 81.8 cm³/mol. The molecule has 0 aromatic heterocycles. The zero-order valence-corrected chi connectivity index (χ0v) is 12.4. The molecule has 5 heteroatoms. The minimum Gasteiger partial charge on any atom is -0.325 e. The maximum absolute atomic E-state index is 12.1. The minimum atomic E-state index is 0.0677. The van der Waals surface area contributed by atoms with Crippen molar-refractivity contribution in [3.05, 3.63) is 29.8 Å². The fraction of sp³-hybridized carbons (Fsp3) is 0.533. The number of hydrogen-bond donors (Lipinski definition) is 2. The van der Waals surface area contributed by atoms with Gasteiger partial charge >= 0.3 is 0 Å². The molecule has 1 aromatic carbocycles. The number of anilines is 1. The van der Waals surface area contributed by atoms with Gasteiger partial charge in [0, 0.05) is 38.4 Å². The zero-order chi connectivity index (χ0) is 14.4. The molecule has 20 heavy (non-hydrogen) atoms. The number of nitrogens with zero attached hydrogens (tertiary/aromatic N) is 2. The Balaban J connectivity index is 1.93. The Morgan fingerprint density at radius 1 is 1.30 bits per heavy atom. The summed E-state index contributed by atoms with van der Waals surface area (Å²) in [5.74, 6) is 0.0677. The molecule has 1 amide bonds. The summed E-state index contributed by atoms with van der Waals surface area (Å²) in [6.45, 7) is 5.09. The Morgan fingerprint density at radius 3 is 2.70 bits per heavy atom. The highest BCUT2D eigenvalue weighted by molar-refractivity contribution is 5.93. The first kappa shape index (κ1) is 15.0. The molecular weight excluding hydrogens is 252 g/mol. The van der Waals surface area contributed by atoms with Crippen LogP contribution in [-0.4, -0.2) is 62.5 Å². The fourth-order valence-electron chi connectivity index (χ4n) is 2.38. The lowest BCUT2D eigenvalue weighted by Crippen LogP contribution is -2.46. The van der Waals surface area contributed by atoms with E-state index in [1.165, 1.54) is 0 Å². The summed E-state index contributed by atoms with van der Waals surface area (Å²) in [5.41, 5.74) is 2.06. The van der Waals surface area contributed by atoms with Gasteiger partial charge in [0.05, 0.1) is 6.54 Å². The van der Waals surface area contributed by atoms with Crippen LogP contribution in [0.1, 0.15) is 5.56 Å². The molecule has 0 radical (unpaired) electrons. The van der Waals surface area contributed by atoms with E-state index in [0.29, 0.717) is 6.54 Å². The second-order valence-electron chi connectivity index (χ2n) is 5.47. The number of rotatable bonds is 5. The van der Waals surface area contributed by atoms with E-state index >= 15 is 0 Å². The number of benzene rings is 1. The molecule has 2 N–H and O–H groups in total. The molecule has 1 heterocycles. The van der Waals surface area contributed by atoms with E-state index < -0.39 is 0 Å². The molecule has 1 aliphatic rings. The number of piperazine rings is 1. The van der Waals surface area contributed by atoms with Crippen molar-refractivity contribution in [3.8, 4) is 0 Å². The third-order valence-electron chi connectivity index (χ3n) is 3.35. The number of para-hydroxylation sites is 1. The van der Waals surface area contributed by atoms with Crippen LogP contribution in [0, 0.1) is 0 Å². The summed E-state index contributed by atoms with van der Waals surface area (Å²) < 4.78 is 0. The summed E-state index contributed by atoms with van der Waals surface area (Å²) in [5, 5.41) is 6.32. The van der Waals surface area contributed by atoms with Gasteiger partial charge in [-0.25, -0.2) is 0 Å². The number of amides is 1. The van der Waals surface area contributed by atoms with Crippen molar-refractivity contribution in [2.75, 3.05) is 52.1 Å². The van der Waals surface area contributed by atoms with Crippen molar-refractivity contribution in [1.29, 1.82) is 0 Å². The monoisotopic (exact) mass is 276 g/mol. The molecule has 1 saturated heterocycles. The van der Waals surface area contributed by atoms with Gasteiger partial charge in [-0.05, 0) is 25.7 Å². The van der Waals surface area contributed by atoms with Crippen LogP contribution in [0.4, 0.5) is 5.69 Å². The van der Waals surface area contributed by atoms with Crippen molar-refractivity contribution in [1.82, 2.24) is 15.1 Å². The van der Waals surface area contributed by atoms with Crippen LogP contribution >= 0.6 is 0 Å². The first-order valence-corrected chi connectivity index (χ1v) is 7.11. The van der Waals surface area contributed by atoms with Crippen molar-refractivity contribution in [2.24, 2.45) is 0 Å². The van der Waals surface area contributed by atoms with Gasteiger partial charge in [-0.15, -0.1) is 0 Å². The Hall–Kier alpha value is -1.43. The summed E-state index contributed by atoms with van der Waals surface area (Å²) in [6, 6.07) is 7.99. The molecule has 0 unspecified atom stereocenters. The first-order chi connectivity index (χ1) is 9.65. The fourth-order valence-corrected chi connectivity index (χ4v) is 2.38. The minimum absolute atomic E-state index is 0.0677. The number of nitrogens with one attached hydrogen (secondary N) is 2. The Labute approximate surface area is 120 Å². The number of hydrogen-bond acceptors (Lipinski definition) is 4. The molecule has 0 atom stereocenters. The quantitative estimate of drug-likeness (QED) is 0.826. The topological polar surface area (TPSA) is 47.6 Å². The summed E-state index contributed by atoms with van der Waals surface area (Å²) >= 11 is 0. The zero-order valence-electron chi connectivity index (χ0n) is 12.4. The second kappa shape index (κ2) is 7.38. The average Bonchev–Trinajstić information content (AvgIpc) is 2.41. The molecule has 1 aliphatic heterocycles. The molecule has 0 saturated carbocycles. The average molecular weight is 276 g/mol. The Bertz CT molecular complexity index is 441. The van der Waals surface area contributed by atoms with Gasteiger partial charge in [0.15, 0.2) is 0 Å². The molecule has 2 rings (SSSR count). The first-order valence-electron chi connectivity index (χ1n) is 7.11. The van der Waals surface area contributed by atoms with Crippen LogP contribution in [-0.2, 0) is 11.3 Å². The second-order valence-corrected chi connectivity index (χ2v) is 5.47. The van der Waals surface area contributed by atoms with Gasteiger partial charge in [0.2, 0.25) is 5.91 Å². The summed E-state index contributed by atoms with van der Waals surface area (Å²) in [7, 11) is 4.05. The molecule has 5 nitrogen and oxygen atoms in total. The van der Waals surface area contributed by atoms with Gasteiger partial charge in [0.1, 0.15) is 0 Å². The molecule has 1 fully saturated rings. The molecule has 0 spiro atoms. The molecule has 1 aromatic rings. The summed E-state index contributed by atoms with van der Waals surface area (Å²) in [4.78, 5) is 16.4. The standard InChI is InChI=1S/C15H24N4O/c1-18(2)11-13-5-3-4-6-14(13)17-15(20)12-19-9-7-16-8-10-19/h3-6,16H,7-12H2,1-2H3,(H,17,20). The van der Waals surface area contributed by atoms with Gasteiger partial charge in [-0.3, -0.25) is 9.69 Å². The highest BCUT2D eigenvalue weighted by Crippen LogP contribution is 2.16. The van der Waals surface area contributed by atoms with Crippen LogP contribution in [0.3, 0.4) is 0 Å². The Morgan fingerprint density at radius 2 is 2.00 bits per heavy atom. The van der Waals surface area contributed by atoms with Crippen LogP contribution in [0.25, 0.3) is 0 Å². The van der Waals surface area contributed by atoms with Gasteiger partial charge < -0.3 is 15.5 Å². The SMILES string of the molecule is CN(C)Cc1ccccc1NC(=O)CN1CCNCC1. The molecular formula is C15H24N4O. The highest BCUT2D eigenvalue weighted by atomic mass is 16.2. The van der Waals surface area contributed by atoms with Gasteiger partial charge in [0.25, 0.3) is 0 Å². The molecule has 0 bridgehead atoms. The predicted octanol–water partition coefficient (Wildman–Crippen LogP) is 0.592. The Kier molecular flexibility index (Phi) is 5.52. The smallest absolute Gasteiger partial charge is 0.238 e. The maximum atomic E-state index is 12.1. The van der Waals surface area contributed by atoms with Crippen LogP contribution < -0.4 is 10.6 Å². The van der Waals surface area contributed by atoms with Gasteiger partial charge in [-0.2, -0.15) is 0 Å². The van der Waals surface area contributed by atoms with E-state index in [0.717, 1.165) is 44.0 Å². The van der Waals surface area contributed by atoms with Crippen molar-refractivity contribution < 1.29 is 4.79 Å². The van der Waals surface area contributed by atoms with E-state index in [9.17, 15) is 4.79 Å². The van der Waals surface area contributed by atoms with E-state index in [-0.39, 0.29) is 5.91 Å².